The van der Waals surface area contributed by atoms with E-state index in [-0.39, 0.29) is 17.8 Å². The number of hydrogen-bond donors (Lipinski definition) is 2. The van der Waals surface area contributed by atoms with Crippen LogP contribution in [0.5, 0.6) is 11.5 Å². The van der Waals surface area contributed by atoms with Gasteiger partial charge in [0.2, 0.25) is 0 Å². The van der Waals surface area contributed by atoms with E-state index in [0.717, 1.165) is 12.0 Å². The number of phenolic OH excluding ortho intramolecular Hbond substituents is 1. The highest BCUT2D eigenvalue weighted by Gasteiger charge is 2.16. The van der Waals surface area contributed by atoms with Gasteiger partial charge in [-0.25, -0.2) is 0 Å². The third-order valence-electron chi connectivity index (χ3n) is 2.92. The van der Waals surface area contributed by atoms with E-state index < -0.39 is 0 Å². The highest BCUT2D eigenvalue weighted by atomic mass is 16.5. The molecule has 0 fully saturated rings. The highest BCUT2D eigenvalue weighted by molar-refractivity contribution is 5.45. The number of rotatable bonds is 5. The Balaban J connectivity index is 2.81. The van der Waals surface area contributed by atoms with Crippen molar-refractivity contribution < 1.29 is 14.9 Å². The summed E-state index contributed by atoms with van der Waals surface area (Å²) in [5.41, 5.74) is 0.819. The monoisotopic (exact) mass is 224 g/mol. The Labute approximate surface area is 96.7 Å². The molecule has 1 aromatic rings. The number of para-hydroxylation sites is 1. The van der Waals surface area contributed by atoms with E-state index in [4.69, 9.17) is 4.74 Å². The molecule has 16 heavy (non-hydrogen) atoms. The minimum absolute atomic E-state index is 0.128. The van der Waals surface area contributed by atoms with Gasteiger partial charge < -0.3 is 14.9 Å². The van der Waals surface area contributed by atoms with Crippen molar-refractivity contribution in [2.75, 3.05) is 7.11 Å². The van der Waals surface area contributed by atoms with Crippen LogP contribution in [0.15, 0.2) is 18.2 Å². The molecule has 2 atom stereocenters. The van der Waals surface area contributed by atoms with Gasteiger partial charge in [0, 0.05) is 0 Å². The first-order chi connectivity index (χ1) is 7.60. The van der Waals surface area contributed by atoms with Crippen LogP contribution in [-0.2, 0) is 6.42 Å². The van der Waals surface area contributed by atoms with Crippen molar-refractivity contribution >= 4 is 0 Å². The van der Waals surface area contributed by atoms with E-state index in [0.29, 0.717) is 12.2 Å². The number of aromatic hydroxyl groups is 1. The lowest BCUT2D eigenvalue weighted by atomic mass is 9.94. The predicted molar refractivity (Wildman–Crippen MR) is 63.8 cm³/mol. The molecule has 0 amide bonds. The molecule has 1 aromatic carbocycles. The van der Waals surface area contributed by atoms with Gasteiger partial charge in [0.05, 0.1) is 13.2 Å². The molecule has 3 nitrogen and oxygen atoms in total. The van der Waals surface area contributed by atoms with Crippen molar-refractivity contribution in [2.24, 2.45) is 5.92 Å². The summed E-state index contributed by atoms with van der Waals surface area (Å²) in [4.78, 5) is 0. The topological polar surface area (TPSA) is 49.7 Å². The van der Waals surface area contributed by atoms with Crippen LogP contribution in [0.1, 0.15) is 25.8 Å². The molecule has 0 spiro atoms. The van der Waals surface area contributed by atoms with Gasteiger partial charge in [0.15, 0.2) is 11.5 Å². The molecule has 90 valence electrons. The van der Waals surface area contributed by atoms with Crippen LogP contribution >= 0.6 is 0 Å². The van der Waals surface area contributed by atoms with Crippen molar-refractivity contribution in [2.45, 2.75) is 32.8 Å². The molecular weight excluding hydrogens is 204 g/mol. The van der Waals surface area contributed by atoms with E-state index in [1.165, 1.54) is 7.11 Å². The minimum atomic E-state index is -0.328. The lowest BCUT2D eigenvalue weighted by Gasteiger charge is -2.18. The number of phenols is 1. The van der Waals surface area contributed by atoms with E-state index in [2.05, 4.69) is 0 Å². The molecule has 2 N–H and O–H groups in total. The maximum atomic E-state index is 9.89. The number of ether oxygens (including phenoxy) is 1. The van der Waals surface area contributed by atoms with Crippen molar-refractivity contribution in [1.82, 2.24) is 0 Å². The van der Waals surface area contributed by atoms with Crippen molar-refractivity contribution in [3.63, 3.8) is 0 Å². The van der Waals surface area contributed by atoms with Crippen molar-refractivity contribution in [3.05, 3.63) is 23.8 Å². The smallest absolute Gasteiger partial charge is 0.160 e. The van der Waals surface area contributed by atoms with Crippen molar-refractivity contribution in [1.29, 1.82) is 0 Å². The second-order valence-electron chi connectivity index (χ2n) is 4.13. The summed E-state index contributed by atoms with van der Waals surface area (Å²) in [6.45, 7) is 3.93. The molecule has 2 unspecified atom stereocenters. The Morgan fingerprint density at radius 3 is 2.62 bits per heavy atom. The molecule has 0 aliphatic carbocycles. The Hall–Kier alpha value is -1.22. The molecule has 0 aliphatic rings. The van der Waals surface area contributed by atoms with Crippen LogP contribution in [-0.4, -0.2) is 23.4 Å². The predicted octanol–water partition coefficient (Wildman–Crippen LogP) is 2.35. The highest BCUT2D eigenvalue weighted by Crippen LogP contribution is 2.31. The molecule has 0 aromatic heterocycles. The standard InChI is InChI=1S/C13H20O3/c1-4-11(14)9(2)8-10-6-5-7-12(16-3)13(10)15/h5-7,9,11,14-15H,4,8H2,1-3H3. The average molecular weight is 224 g/mol. The summed E-state index contributed by atoms with van der Waals surface area (Å²) in [7, 11) is 1.53. The first kappa shape index (κ1) is 12.8. The zero-order valence-electron chi connectivity index (χ0n) is 10.1. The Morgan fingerprint density at radius 2 is 2.06 bits per heavy atom. The molecule has 0 saturated carbocycles. The quantitative estimate of drug-likeness (QED) is 0.807. The van der Waals surface area contributed by atoms with Gasteiger partial charge in [0.1, 0.15) is 0 Å². The van der Waals surface area contributed by atoms with Gasteiger partial charge >= 0.3 is 0 Å². The number of hydrogen-bond acceptors (Lipinski definition) is 3. The largest absolute Gasteiger partial charge is 0.504 e. The maximum Gasteiger partial charge on any atom is 0.160 e. The Morgan fingerprint density at radius 1 is 1.38 bits per heavy atom. The van der Waals surface area contributed by atoms with Crippen LogP contribution in [0.4, 0.5) is 0 Å². The lowest BCUT2D eigenvalue weighted by molar-refractivity contribution is 0.112. The first-order valence-corrected chi connectivity index (χ1v) is 5.63. The van der Waals surface area contributed by atoms with Crippen LogP contribution in [0.3, 0.4) is 0 Å². The fraction of sp³-hybridized carbons (Fsp3) is 0.538. The SMILES string of the molecule is CCC(O)C(C)Cc1cccc(OC)c1O. The van der Waals surface area contributed by atoms with E-state index in [1.807, 2.05) is 26.0 Å². The van der Waals surface area contributed by atoms with Crippen LogP contribution in [0, 0.1) is 5.92 Å². The van der Waals surface area contributed by atoms with Gasteiger partial charge in [-0.15, -0.1) is 0 Å². The van der Waals surface area contributed by atoms with E-state index >= 15 is 0 Å². The molecule has 3 heteroatoms. The number of benzene rings is 1. The second kappa shape index (κ2) is 5.75. The third kappa shape index (κ3) is 2.89. The molecule has 0 heterocycles. The average Bonchev–Trinajstić information content (AvgIpc) is 2.30. The minimum Gasteiger partial charge on any atom is -0.504 e. The normalized spacial score (nSPS) is 14.5. The van der Waals surface area contributed by atoms with Gasteiger partial charge in [-0.3, -0.25) is 0 Å². The molecule has 0 saturated heterocycles. The molecule has 0 bridgehead atoms. The van der Waals surface area contributed by atoms with Crippen LogP contribution in [0.2, 0.25) is 0 Å². The summed E-state index contributed by atoms with van der Waals surface area (Å²) in [5, 5.41) is 19.6. The van der Waals surface area contributed by atoms with Gasteiger partial charge in [0.25, 0.3) is 0 Å². The Bertz CT molecular complexity index is 336. The van der Waals surface area contributed by atoms with Gasteiger partial charge in [-0.1, -0.05) is 26.0 Å². The fourth-order valence-electron chi connectivity index (χ4n) is 1.78. The molecular formula is C13H20O3. The lowest BCUT2D eigenvalue weighted by Crippen LogP contribution is -2.18. The fourth-order valence-corrected chi connectivity index (χ4v) is 1.78. The third-order valence-corrected chi connectivity index (χ3v) is 2.92. The van der Waals surface area contributed by atoms with Crippen LogP contribution < -0.4 is 4.74 Å². The number of aliphatic hydroxyl groups excluding tert-OH is 1. The number of aliphatic hydroxyl groups is 1. The van der Waals surface area contributed by atoms with Gasteiger partial charge in [-0.05, 0) is 30.4 Å². The van der Waals surface area contributed by atoms with E-state index in [1.54, 1.807) is 6.07 Å². The summed E-state index contributed by atoms with van der Waals surface area (Å²) < 4.78 is 5.04. The molecule has 0 radical (unpaired) electrons. The molecule has 0 aliphatic heterocycles. The first-order valence-electron chi connectivity index (χ1n) is 5.63. The Kier molecular flexibility index (Phi) is 4.62. The zero-order valence-corrected chi connectivity index (χ0v) is 10.1. The summed E-state index contributed by atoms with van der Waals surface area (Å²) >= 11 is 0. The molecule has 1 rings (SSSR count). The summed E-state index contributed by atoms with van der Waals surface area (Å²) in [5.74, 6) is 0.791. The number of methoxy groups -OCH3 is 1. The summed E-state index contributed by atoms with van der Waals surface area (Å²) in [6.07, 6.45) is 1.05. The maximum absolute atomic E-state index is 9.89. The zero-order chi connectivity index (χ0) is 12.1. The second-order valence-corrected chi connectivity index (χ2v) is 4.13. The van der Waals surface area contributed by atoms with Crippen LogP contribution in [0.25, 0.3) is 0 Å². The summed E-state index contributed by atoms with van der Waals surface area (Å²) in [6, 6.07) is 5.43. The van der Waals surface area contributed by atoms with Gasteiger partial charge in [-0.2, -0.15) is 0 Å². The van der Waals surface area contributed by atoms with E-state index in [9.17, 15) is 10.2 Å². The van der Waals surface area contributed by atoms with Crippen molar-refractivity contribution in [3.8, 4) is 11.5 Å².